The van der Waals surface area contributed by atoms with Gasteiger partial charge in [-0.1, -0.05) is 0 Å². The molecular weight excluding hydrogens is 256 g/mol. The summed E-state index contributed by atoms with van der Waals surface area (Å²) in [6.45, 7) is 2.75. The zero-order valence-electron chi connectivity index (χ0n) is 10.4. The van der Waals surface area contributed by atoms with Gasteiger partial charge in [0.15, 0.2) is 11.6 Å². The van der Waals surface area contributed by atoms with E-state index in [9.17, 15) is 13.6 Å². The largest absolute Gasteiger partial charge is 0.379 e. The first-order valence-electron chi connectivity index (χ1n) is 5.81. The van der Waals surface area contributed by atoms with Crippen molar-refractivity contribution in [2.24, 2.45) is 5.84 Å². The molecule has 5 nitrogen and oxygen atoms in total. The number of hydrogen-bond donors (Lipinski definition) is 3. The van der Waals surface area contributed by atoms with Gasteiger partial charge in [-0.2, -0.15) is 0 Å². The van der Waals surface area contributed by atoms with E-state index in [0.29, 0.717) is 19.6 Å². The first kappa shape index (κ1) is 13.7. The van der Waals surface area contributed by atoms with Crippen molar-refractivity contribution in [2.45, 2.75) is 18.9 Å². The molecule has 104 valence electrons. The molecule has 1 aliphatic rings. The van der Waals surface area contributed by atoms with Crippen LogP contribution in [0, 0.1) is 11.6 Å². The SMILES string of the molecule is CC1(NC(=O)c2cc(F)c(NN)c(F)c2)CCOC1. The molecule has 0 bridgehead atoms. The van der Waals surface area contributed by atoms with Gasteiger partial charge in [-0.25, -0.2) is 8.78 Å². The van der Waals surface area contributed by atoms with E-state index in [1.165, 1.54) is 0 Å². The minimum atomic E-state index is -0.916. The van der Waals surface area contributed by atoms with Gasteiger partial charge in [-0.05, 0) is 25.5 Å². The molecule has 1 aromatic rings. The first-order valence-corrected chi connectivity index (χ1v) is 5.81. The topological polar surface area (TPSA) is 76.4 Å². The molecule has 1 atom stereocenters. The van der Waals surface area contributed by atoms with Crippen LogP contribution in [0.4, 0.5) is 14.5 Å². The van der Waals surface area contributed by atoms with Crippen molar-refractivity contribution in [3.05, 3.63) is 29.3 Å². The normalized spacial score (nSPS) is 22.3. The second-order valence-corrected chi connectivity index (χ2v) is 4.78. The van der Waals surface area contributed by atoms with E-state index < -0.39 is 28.8 Å². The predicted molar refractivity (Wildman–Crippen MR) is 65.5 cm³/mol. The van der Waals surface area contributed by atoms with Crippen LogP contribution in [0.1, 0.15) is 23.7 Å². The lowest BCUT2D eigenvalue weighted by molar-refractivity contribution is 0.0889. The molecule has 0 radical (unpaired) electrons. The van der Waals surface area contributed by atoms with Gasteiger partial charge >= 0.3 is 0 Å². The van der Waals surface area contributed by atoms with E-state index in [-0.39, 0.29) is 5.56 Å². The molecule has 0 aliphatic carbocycles. The van der Waals surface area contributed by atoms with Crippen molar-refractivity contribution in [1.29, 1.82) is 0 Å². The Morgan fingerprint density at radius 2 is 2.05 bits per heavy atom. The minimum absolute atomic E-state index is 0.0953. The third-order valence-electron chi connectivity index (χ3n) is 3.08. The van der Waals surface area contributed by atoms with Crippen molar-refractivity contribution in [1.82, 2.24) is 5.32 Å². The highest BCUT2D eigenvalue weighted by atomic mass is 19.1. The van der Waals surface area contributed by atoms with Gasteiger partial charge in [0.25, 0.3) is 5.91 Å². The summed E-state index contributed by atoms with van der Waals surface area (Å²) in [5, 5.41) is 2.71. The summed E-state index contributed by atoms with van der Waals surface area (Å²) < 4.78 is 32.2. The Hall–Kier alpha value is -1.73. The van der Waals surface area contributed by atoms with Gasteiger partial charge in [-0.15, -0.1) is 0 Å². The van der Waals surface area contributed by atoms with Gasteiger partial charge in [0, 0.05) is 12.2 Å². The molecule has 1 aliphatic heterocycles. The van der Waals surface area contributed by atoms with Crippen LogP contribution in [-0.2, 0) is 4.74 Å². The molecule has 0 spiro atoms. The van der Waals surface area contributed by atoms with E-state index in [4.69, 9.17) is 10.6 Å². The lowest BCUT2D eigenvalue weighted by atomic mass is 10.0. The molecule has 4 N–H and O–H groups in total. The van der Waals surface area contributed by atoms with E-state index >= 15 is 0 Å². The molecule has 2 rings (SSSR count). The Morgan fingerprint density at radius 1 is 1.42 bits per heavy atom. The van der Waals surface area contributed by atoms with Gasteiger partial charge in [0.05, 0.1) is 12.1 Å². The van der Waals surface area contributed by atoms with Crippen LogP contribution >= 0.6 is 0 Å². The van der Waals surface area contributed by atoms with E-state index in [0.717, 1.165) is 12.1 Å². The molecule has 1 unspecified atom stereocenters. The number of hydrogen-bond acceptors (Lipinski definition) is 4. The van der Waals surface area contributed by atoms with Crippen molar-refractivity contribution >= 4 is 11.6 Å². The Bertz CT molecular complexity index is 479. The van der Waals surface area contributed by atoms with Gasteiger partial charge in [0.1, 0.15) is 5.69 Å². The third kappa shape index (κ3) is 2.82. The zero-order valence-corrected chi connectivity index (χ0v) is 10.4. The molecule has 19 heavy (non-hydrogen) atoms. The Kier molecular flexibility index (Phi) is 3.68. The fourth-order valence-electron chi connectivity index (χ4n) is 1.95. The van der Waals surface area contributed by atoms with Gasteiger partial charge in [-0.3, -0.25) is 10.6 Å². The van der Waals surface area contributed by atoms with Crippen LogP contribution < -0.4 is 16.6 Å². The molecule has 0 aromatic heterocycles. The highest BCUT2D eigenvalue weighted by molar-refractivity contribution is 5.95. The Labute approximate surface area is 109 Å². The van der Waals surface area contributed by atoms with Crippen LogP contribution in [0.2, 0.25) is 0 Å². The number of amides is 1. The minimum Gasteiger partial charge on any atom is -0.379 e. The average molecular weight is 271 g/mol. The maximum Gasteiger partial charge on any atom is 0.251 e. The lowest BCUT2D eigenvalue weighted by Crippen LogP contribution is -2.46. The number of ether oxygens (including phenoxy) is 1. The zero-order chi connectivity index (χ0) is 14.0. The maximum atomic E-state index is 13.5. The van der Waals surface area contributed by atoms with Crippen LogP contribution in [0.15, 0.2) is 12.1 Å². The quantitative estimate of drug-likeness (QED) is 0.569. The van der Waals surface area contributed by atoms with Crippen molar-refractivity contribution in [3.63, 3.8) is 0 Å². The molecule has 7 heteroatoms. The number of rotatable bonds is 3. The van der Waals surface area contributed by atoms with E-state index in [1.807, 2.05) is 12.3 Å². The number of carbonyl (C=O) groups is 1. The van der Waals surface area contributed by atoms with E-state index in [2.05, 4.69) is 5.32 Å². The third-order valence-corrected chi connectivity index (χ3v) is 3.08. The van der Waals surface area contributed by atoms with Crippen LogP contribution in [0.5, 0.6) is 0 Å². The second kappa shape index (κ2) is 5.10. The number of anilines is 1. The average Bonchev–Trinajstić information content (AvgIpc) is 2.75. The maximum absolute atomic E-state index is 13.5. The van der Waals surface area contributed by atoms with Crippen LogP contribution in [0.25, 0.3) is 0 Å². The summed E-state index contributed by atoms with van der Waals surface area (Å²) in [6.07, 6.45) is 0.659. The second-order valence-electron chi connectivity index (χ2n) is 4.78. The van der Waals surface area contributed by atoms with Crippen molar-refractivity contribution < 1.29 is 18.3 Å². The molecule has 1 aromatic carbocycles. The number of nitrogens with two attached hydrogens (primary N) is 1. The highest BCUT2D eigenvalue weighted by Gasteiger charge is 2.31. The summed E-state index contributed by atoms with van der Waals surface area (Å²) in [6, 6.07) is 1.87. The molecular formula is C12H15F2N3O2. The lowest BCUT2D eigenvalue weighted by Gasteiger charge is -2.23. The Balaban J connectivity index is 2.20. The standard InChI is InChI=1S/C12H15F2N3O2/c1-12(2-3-19-6-12)16-11(18)7-4-8(13)10(17-15)9(14)5-7/h4-5,17H,2-3,6,15H2,1H3,(H,16,18). The fourth-order valence-corrected chi connectivity index (χ4v) is 1.95. The number of benzene rings is 1. The number of halogens is 2. The molecule has 1 heterocycles. The van der Waals surface area contributed by atoms with Crippen molar-refractivity contribution in [2.75, 3.05) is 18.6 Å². The van der Waals surface area contributed by atoms with Gasteiger partial charge < -0.3 is 15.5 Å². The number of nitrogens with one attached hydrogen (secondary N) is 2. The molecule has 1 fully saturated rings. The predicted octanol–water partition coefficient (Wildman–Crippen LogP) is 1.16. The monoisotopic (exact) mass is 271 g/mol. The fraction of sp³-hybridized carbons (Fsp3) is 0.417. The van der Waals surface area contributed by atoms with Gasteiger partial charge in [0.2, 0.25) is 0 Å². The molecule has 1 saturated heterocycles. The van der Waals surface area contributed by atoms with Crippen LogP contribution in [-0.4, -0.2) is 24.7 Å². The molecule has 1 amide bonds. The number of carbonyl (C=O) groups excluding carboxylic acids is 1. The summed E-state index contributed by atoms with van der Waals surface area (Å²) in [5.41, 5.74) is 0.842. The molecule has 0 saturated carbocycles. The number of hydrazine groups is 1. The summed E-state index contributed by atoms with van der Waals surface area (Å²) >= 11 is 0. The number of nitrogen functional groups attached to an aromatic ring is 1. The summed E-state index contributed by atoms with van der Waals surface area (Å²) in [4.78, 5) is 12.0. The first-order chi connectivity index (χ1) is 8.95. The van der Waals surface area contributed by atoms with Crippen molar-refractivity contribution in [3.8, 4) is 0 Å². The van der Waals surface area contributed by atoms with Crippen LogP contribution in [0.3, 0.4) is 0 Å². The summed E-state index contributed by atoms with van der Waals surface area (Å²) in [5.74, 6) is 2.60. The summed E-state index contributed by atoms with van der Waals surface area (Å²) in [7, 11) is 0. The smallest absolute Gasteiger partial charge is 0.251 e. The highest BCUT2D eigenvalue weighted by Crippen LogP contribution is 2.22. The Morgan fingerprint density at radius 3 is 2.53 bits per heavy atom. The van der Waals surface area contributed by atoms with E-state index in [1.54, 1.807) is 0 Å².